The van der Waals surface area contributed by atoms with E-state index in [1.54, 1.807) is 0 Å². The molecule has 0 radical (unpaired) electrons. The first kappa shape index (κ1) is 10.5. The Bertz CT molecular complexity index is 166. The molecule has 0 aromatic carbocycles. The normalized spacial score (nSPS) is 19.2. The number of primary amides is 1. The topological polar surface area (TPSA) is 58.4 Å². The van der Waals surface area contributed by atoms with Crippen LogP contribution >= 0.6 is 0 Å². The zero-order valence-corrected chi connectivity index (χ0v) is 8.25. The fourth-order valence-electron chi connectivity index (χ4n) is 1.84. The Kier molecular flexibility index (Phi) is 4.18. The number of rotatable bonds is 4. The van der Waals surface area contributed by atoms with Gasteiger partial charge < -0.3 is 11.1 Å². The summed E-state index contributed by atoms with van der Waals surface area (Å²) in [5.41, 5.74) is 5.11. The first-order valence-electron chi connectivity index (χ1n) is 4.86. The van der Waals surface area contributed by atoms with Crippen molar-refractivity contribution in [3.05, 3.63) is 0 Å². The van der Waals surface area contributed by atoms with Crippen molar-refractivity contribution in [2.24, 2.45) is 11.7 Å². The Morgan fingerprint density at radius 1 is 1.54 bits per heavy atom. The molecule has 76 valence electrons. The lowest BCUT2D eigenvalue weighted by Gasteiger charge is -2.26. The molecule has 0 aliphatic carbocycles. The van der Waals surface area contributed by atoms with Crippen molar-refractivity contribution in [3.8, 4) is 0 Å². The van der Waals surface area contributed by atoms with Crippen LogP contribution in [-0.2, 0) is 4.79 Å². The molecule has 13 heavy (non-hydrogen) atoms. The minimum atomic E-state index is -0.239. The number of likely N-dealkylation sites (N-methyl/N-ethyl adjacent to an activating group) is 1. The van der Waals surface area contributed by atoms with Crippen molar-refractivity contribution < 1.29 is 4.79 Å². The lowest BCUT2D eigenvalue weighted by Crippen LogP contribution is -2.38. The molecule has 0 unspecified atom stereocenters. The van der Waals surface area contributed by atoms with Gasteiger partial charge in [-0.05, 0) is 38.9 Å². The van der Waals surface area contributed by atoms with Crippen LogP contribution in [0.25, 0.3) is 0 Å². The molecule has 0 atom stereocenters. The summed E-state index contributed by atoms with van der Waals surface area (Å²) in [6, 6.07) is 0. The molecule has 0 aromatic rings. The van der Waals surface area contributed by atoms with E-state index in [0.29, 0.717) is 6.54 Å². The summed E-state index contributed by atoms with van der Waals surface area (Å²) in [4.78, 5) is 12.6. The van der Waals surface area contributed by atoms with E-state index >= 15 is 0 Å². The molecular weight excluding hydrogens is 166 g/mol. The van der Waals surface area contributed by atoms with Gasteiger partial charge in [0.15, 0.2) is 0 Å². The van der Waals surface area contributed by atoms with Crippen LogP contribution in [0.4, 0.5) is 0 Å². The summed E-state index contributed by atoms with van der Waals surface area (Å²) in [6.07, 6.45) is 2.42. The van der Waals surface area contributed by atoms with Crippen molar-refractivity contribution >= 4 is 5.91 Å². The third-order valence-electron chi connectivity index (χ3n) is 2.45. The fourth-order valence-corrected chi connectivity index (χ4v) is 1.84. The van der Waals surface area contributed by atoms with Gasteiger partial charge in [-0.3, -0.25) is 9.69 Å². The third-order valence-corrected chi connectivity index (χ3v) is 2.45. The van der Waals surface area contributed by atoms with Crippen molar-refractivity contribution in [2.75, 3.05) is 33.2 Å². The van der Waals surface area contributed by atoms with Gasteiger partial charge in [0.25, 0.3) is 0 Å². The molecule has 1 saturated heterocycles. The molecule has 1 aliphatic heterocycles. The van der Waals surface area contributed by atoms with Gasteiger partial charge in [0.2, 0.25) is 5.91 Å². The van der Waals surface area contributed by atoms with Gasteiger partial charge in [-0.15, -0.1) is 0 Å². The predicted octanol–water partition coefficient (Wildman–Crippen LogP) is -0.597. The Morgan fingerprint density at radius 3 is 2.69 bits per heavy atom. The van der Waals surface area contributed by atoms with E-state index in [4.69, 9.17) is 5.73 Å². The molecule has 1 rings (SSSR count). The Hall–Kier alpha value is -0.610. The number of carbonyl (C=O) groups is 1. The minimum Gasteiger partial charge on any atom is -0.369 e. The van der Waals surface area contributed by atoms with Gasteiger partial charge in [0.05, 0.1) is 6.54 Å². The van der Waals surface area contributed by atoms with Crippen LogP contribution in [0.5, 0.6) is 0 Å². The van der Waals surface area contributed by atoms with Crippen LogP contribution in [0.3, 0.4) is 0 Å². The molecule has 0 bridgehead atoms. The van der Waals surface area contributed by atoms with Gasteiger partial charge >= 0.3 is 0 Å². The average molecular weight is 185 g/mol. The van der Waals surface area contributed by atoms with Crippen LogP contribution in [0.1, 0.15) is 12.8 Å². The highest BCUT2D eigenvalue weighted by Crippen LogP contribution is 2.12. The summed E-state index contributed by atoms with van der Waals surface area (Å²) >= 11 is 0. The number of hydrogen-bond acceptors (Lipinski definition) is 3. The van der Waals surface area contributed by atoms with Crippen LogP contribution in [-0.4, -0.2) is 44.0 Å². The summed E-state index contributed by atoms with van der Waals surface area (Å²) in [7, 11) is 1.95. The van der Waals surface area contributed by atoms with Crippen molar-refractivity contribution in [3.63, 3.8) is 0 Å². The van der Waals surface area contributed by atoms with Crippen LogP contribution < -0.4 is 11.1 Å². The van der Waals surface area contributed by atoms with E-state index in [0.717, 1.165) is 25.6 Å². The second-order valence-electron chi connectivity index (χ2n) is 3.86. The molecule has 0 spiro atoms. The lowest BCUT2D eigenvalue weighted by atomic mass is 9.98. The highest BCUT2D eigenvalue weighted by Gasteiger charge is 2.15. The quantitative estimate of drug-likeness (QED) is 0.615. The zero-order valence-electron chi connectivity index (χ0n) is 8.25. The number of nitrogens with zero attached hydrogens (tertiary/aromatic N) is 1. The largest absolute Gasteiger partial charge is 0.369 e. The van der Waals surface area contributed by atoms with Gasteiger partial charge in [0.1, 0.15) is 0 Å². The fraction of sp³-hybridized carbons (Fsp3) is 0.889. The molecule has 0 aromatic heterocycles. The molecule has 1 aliphatic rings. The van der Waals surface area contributed by atoms with Gasteiger partial charge in [-0.2, -0.15) is 0 Å². The summed E-state index contributed by atoms with van der Waals surface area (Å²) in [5, 5.41) is 3.32. The Morgan fingerprint density at radius 2 is 2.15 bits per heavy atom. The number of nitrogens with one attached hydrogen (secondary N) is 1. The Labute approximate surface area is 79.5 Å². The molecule has 1 amide bonds. The van der Waals surface area contributed by atoms with E-state index in [9.17, 15) is 4.79 Å². The molecule has 1 fully saturated rings. The highest BCUT2D eigenvalue weighted by atomic mass is 16.1. The van der Waals surface area contributed by atoms with E-state index in [1.165, 1.54) is 12.8 Å². The number of carbonyl (C=O) groups excluding carboxylic acids is 1. The number of piperidine rings is 1. The summed E-state index contributed by atoms with van der Waals surface area (Å²) in [5.74, 6) is 0.488. The molecule has 0 saturated carbocycles. The minimum absolute atomic E-state index is 0.239. The van der Waals surface area contributed by atoms with E-state index in [2.05, 4.69) is 5.32 Å². The predicted molar refractivity (Wildman–Crippen MR) is 52.3 cm³/mol. The van der Waals surface area contributed by atoms with Gasteiger partial charge in [-0.25, -0.2) is 0 Å². The second kappa shape index (κ2) is 5.19. The van der Waals surface area contributed by atoms with Crippen LogP contribution in [0.2, 0.25) is 0 Å². The zero-order chi connectivity index (χ0) is 9.68. The SMILES string of the molecule is CN(CC(N)=O)CC1CCNCC1. The monoisotopic (exact) mass is 185 g/mol. The summed E-state index contributed by atoms with van der Waals surface area (Å²) < 4.78 is 0. The maximum absolute atomic E-state index is 10.6. The average Bonchev–Trinajstić information content (AvgIpc) is 2.04. The standard InChI is InChI=1S/C9H19N3O/c1-12(7-9(10)13)6-8-2-4-11-5-3-8/h8,11H,2-7H2,1H3,(H2,10,13). The maximum Gasteiger partial charge on any atom is 0.231 e. The molecule has 4 heteroatoms. The van der Waals surface area contributed by atoms with Crippen molar-refractivity contribution in [1.82, 2.24) is 10.2 Å². The number of amides is 1. The molecule has 4 nitrogen and oxygen atoms in total. The third kappa shape index (κ3) is 4.24. The lowest BCUT2D eigenvalue weighted by molar-refractivity contribution is -0.119. The van der Waals surface area contributed by atoms with Gasteiger partial charge in [0, 0.05) is 6.54 Å². The number of nitrogens with two attached hydrogens (primary N) is 1. The summed E-state index contributed by atoms with van der Waals surface area (Å²) in [6.45, 7) is 3.58. The molecular formula is C9H19N3O. The molecule has 3 N–H and O–H groups in total. The highest BCUT2D eigenvalue weighted by molar-refractivity contribution is 5.75. The van der Waals surface area contributed by atoms with E-state index in [-0.39, 0.29) is 5.91 Å². The maximum atomic E-state index is 10.6. The van der Waals surface area contributed by atoms with Crippen LogP contribution in [0, 0.1) is 5.92 Å². The van der Waals surface area contributed by atoms with E-state index in [1.807, 2.05) is 11.9 Å². The smallest absolute Gasteiger partial charge is 0.231 e. The number of hydrogen-bond donors (Lipinski definition) is 2. The molecule has 1 heterocycles. The van der Waals surface area contributed by atoms with E-state index < -0.39 is 0 Å². The Balaban J connectivity index is 2.18. The first-order chi connectivity index (χ1) is 6.18. The second-order valence-corrected chi connectivity index (χ2v) is 3.86. The van der Waals surface area contributed by atoms with Gasteiger partial charge in [-0.1, -0.05) is 0 Å². The first-order valence-corrected chi connectivity index (χ1v) is 4.86. The van der Waals surface area contributed by atoms with Crippen molar-refractivity contribution in [2.45, 2.75) is 12.8 Å². The van der Waals surface area contributed by atoms with Crippen LogP contribution in [0.15, 0.2) is 0 Å². The van der Waals surface area contributed by atoms with Crippen molar-refractivity contribution in [1.29, 1.82) is 0 Å².